The third-order valence-electron chi connectivity index (χ3n) is 17.3. The first-order valence-electron chi connectivity index (χ1n) is 29.0. The van der Waals surface area contributed by atoms with E-state index in [1.807, 2.05) is 79.7 Å². The molecule has 0 saturated carbocycles. The van der Waals surface area contributed by atoms with Gasteiger partial charge in [-0.15, -0.1) is 0 Å². The first-order chi connectivity index (χ1) is 44.3. The average Bonchev–Trinajstić information content (AvgIpc) is 1.59. The number of carbonyl (C=O) groups is 8. The number of aromatic amines is 1. The predicted octanol–water partition coefficient (Wildman–Crippen LogP) is 4.34. The van der Waals surface area contributed by atoms with Crippen LogP contribution >= 0.6 is 0 Å². The summed E-state index contributed by atoms with van der Waals surface area (Å²) < 4.78 is 24.7. The molecular weight excluding hydrogens is 1180 g/mol. The molecule has 0 radical (unpaired) electrons. The normalized spacial score (nSPS) is 20.8. The van der Waals surface area contributed by atoms with Gasteiger partial charge in [0.15, 0.2) is 16.6 Å². The van der Waals surface area contributed by atoms with Crippen LogP contribution in [0.3, 0.4) is 0 Å². The molecule has 11 amide bonds. The first-order valence-corrected chi connectivity index (χ1v) is 29.0. The van der Waals surface area contributed by atoms with Gasteiger partial charge in [-0.1, -0.05) is 60.7 Å². The lowest BCUT2D eigenvalue weighted by molar-refractivity contribution is -0.128. The number of H-pyrrole nitrogens is 1. The van der Waals surface area contributed by atoms with E-state index in [1.165, 1.54) is 26.0 Å². The lowest BCUT2D eigenvalue weighted by Crippen LogP contribution is -2.64. The molecule has 6 aliphatic rings. The highest BCUT2D eigenvalue weighted by molar-refractivity contribution is 6.10. The molecule has 3 saturated heterocycles. The maximum Gasteiger partial charge on any atom is 0.322 e. The monoisotopic (exact) mass is 1240 g/mol. The Hall–Kier alpha value is -11.9. The third-order valence-corrected chi connectivity index (χ3v) is 17.3. The number of pyridine rings is 2. The van der Waals surface area contributed by atoms with Gasteiger partial charge in [0.2, 0.25) is 5.88 Å². The van der Waals surface area contributed by atoms with Gasteiger partial charge in [-0.3, -0.25) is 54.8 Å². The van der Waals surface area contributed by atoms with Gasteiger partial charge in [0, 0.05) is 61.3 Å². The molecule has 0 bridgehead atoms. The molecule has 4 atom stereocenters. The number of rotatable bonds is 13. The number of nitrogens with zero attached hydrogens (tertiary/aromatic N) is 7. The molecule has 92 heavy (non-hydrogen) atoms. The Labute approximate surface area is 522 Å². The summed E-state index contributed by atoms with van der Waals surface area (Å²) in [7, 11) is 6.39. The van der Waals surface area contributed by atoms with E-state index < -0.39 is 58.5 Å². The van der Waals surface area contributed by atoms with Crippen LogP contribution < -0.4 is 56.4 Å². The number of methoxy groups -OCH3 is 3. The van der Waals surface area contributed by atoms with Crippen molar-refractivity contribution in [1.82, 2.24) is 71.0 Å². The van der Waals surface area contributed by atoms with Crippen molar-refractivity contribution < 1.29 is 57.3 Å². The van der Waals surface area contributed by atoms with Gasteiger partial charge in [-0.05, 0) is 101 Å². The molecule has 27 nitrogen and oxygen atoms in total. The first kappa shape index (κ1) is 59.1. The second kappa shape index (κ2) is 22.9. The lowest BCUT2D eigenvalue weighted by Gasteiger charge is -2.34. The summed E-state index contributed by atoms with van der Waals surface area (Å²) in [4.78, 5) is 131. The Morgan fingerprint density at radius 2 is 1.18 bits per heavy atom. The Bertz CT molecular complexity index is 4640. The van der Waals surface area contributed by atoms with Crippen molar-refractivity contribution in [3.63, 3.8) is 0 Å². The van der Waals surface area contributed by atoms with Crippen molar-refractivity contribution in [2.45, 2.75) is 55.7 Å². The Morgan fingerprint density at radius 1 is 0.587 bits per heavy atom. The van der Waals surface area contributed by atoms with E-state index in [9.17, 15) is 43.2 Å². The van der Waals surface area contributed by atoms with Gasteiger partial charge in [-0.2, -0.15) is 0 Å². The molecule has 3 fully saturated rings. The summed E-state index contributed by atoms with van der Waals surface area (Å²) in [6.45, 7) is 2.35. The minimum Gasteiger partial charge on any atom is -0.497 e. The summed E-state index contributed by atoms with van der Waals surface area (Å²) in [5, 5.41) is 18.5. The molecule has 0 spiro atoms. The second-order valence-electron chi connectivity index (χ2n) is 22.8. The van der Waals surface area contributed by atoms with Crippen molar-refractivity contribution in [1.29, 1.82) is 0 Å². The number of para-hydroxylation sites is 2. The minimum atomic E-state index is -1.49. The lowest BCUT2D eigenvalue weighted by atomic mass is 9.88. The number of aryl methyl sites for hydroxylation is 2. The van der Waals surface area contributed by atoms with Crippen LogP contribution in [0.1, 0.15) is 54.5 Å². The van der Waals surface area contributed by atoms with Crippen molar-refractivity contribution >= 4 is 69.6 Å². The van der Waals surface area contributed by atoms with Crippen LogP contribution in [0.4, 0.5) is 14.4 Å². The summed E-state index contributed by atoms with van der Waals surface area (Å²) in [6.07, 6.45) is 3.16. The topological polar surface area (TPSA) is 334 Å². The third kappa shape index (κ3) is 10.2. The second-order valence-corrected chi connectivity index (χ2v) is 22.8. The van der Waals surface area contributed by atoms with E-state index in [0.717, 1.165) is 39.0 Å². The smallest absolute Gasteiger partial charge is 0.322 e. The number of urea groups is 3. The molecule has 10 heterocycles. The Kier molecular flexibility index (Phi) is 14.7. The highest BCUT2D eigenvalue weighted by Gasteiger charge is 2.58. The number of hydrogen-bond donors (Lipinski definition) is 7. The summed E-state index contributed by atoms with van der Waals surface area (Å²) in [5.41, 5.74) is 4.23. The summed E-state index contributed by atoms with van der Waals surface area (Å²) >= 11 is 0. The van der Waals surface area contributed by atoms with E-state index in [4.69, 9.17) is 18.9 Å². The number of carbonyl (C=O) groups excluding carboxylic acids is 8. The van der Waals surface area contributed by atoms with Gasteiger partial charge in [-0.25, -0.2) is 29.0 Å². The number of aromatic nitrogens is 6. The van der Waals surface area contributed by atoms with E-state index in [0.29, 0.717) is 81.6 Å². The van der Waals surface area contributed by atoms with Crippen molar-refractivity contribution in [3.05, 3.63) is 195 Å². The quantitative estimate of drug-likeness (QED) is 0.0790. The largest absolute Gasteiger partial charge is 0.497 e. The number of imide groups is 3. The number of fused-ring (bicyclic) bond motifs is 5. The highest BCUT2D eigenvalue weighted by atomic mass is 16.5. The Morgan fingerprint density at radius 3 is 1.78 bits per heavy atom. The molecule has 6 aliphatic heterocycles. The molecule has 15 rings (SSSR count). The van der Waals surface area contributed by atoms with Crippen LogP contribution in [0.5, 0.6) is 23.1 Å². The minimum absolute atomic E-state index is 0.0158. The van der Waals surface area contributed by atoms with E-state index in [2.05, 4.69) is 52.0 Å². The maximum atomic E-state index is 13.1. The zero-order valence-corrected chi connectivity index (χ0v) is 50.0. The molecule has 27 heteroatoms. The van der Waals surface area contributed by atoms with Crippen molar-refractivity contribution in [2.75, 3.05) is 34.4 Å². The van der Waals surface area contributed by atoms with Gasteiger partial charge < -0.3 is 49.3 Å². The van der Waals surface area contributed by atoms with Crippen LogP contribution in [0.2, 0.25) is 0 Å². The fraction of sp³-hybridized carbons (Fsp3) is 0.231. The van der Waals surface area contributed by atoms with Crippen LogP contribution in [-0.2, 0) is 58.6 Å². The predicted molar refractivity (Wildman–Crippen MR) is 328 cm³/mol. The summed E-state index contributed by atoms with van der Waals surface area (Å²) in [5.74, 6) is 0.520. The number of nitrogens with one attached hydrogen (secondary N) is 7. The van der Waals surface area contributed by atoms with Gasteiger partial charge in [0.1, 0.15) is 29.2 Å². The van der Waals surface area contributed by atoms with Crippen LogP contribution in [0.15, 0.2) is 145 Å². The SMILES string of the molecule is COc1ccc2[nH]n(C[C@]3(c4ccc(-c5cccnc5)cc4)NC(=O)NC3=O)c(=O)c2c1.COc1ccc2c(c1)C(=O)N(CC1(c3nc4ccccc4n3C)NC(=O)NC1=O)C2.COc1ccc2c(c1)C(=O)N(C[C@@]1(C3Cc4ccc(C)nc4O3)NC(=O)NC1=O)C2. The fourth-order valence-corrected chi connectivity index (χ4v) is 12.5. The van der Waals surface area contributed by atoms with E-state index in [-0.39, 0.29) is 37.0 Å². The number of imidazole rings is 1. The van der Waals surface area contributed by atoms with Gasteiger partial charge in [0.25, 0.3) is 35.1 Å². The molecule has 5 aromatic carbocycles. The molecule has 4 aromatic heterocycles. The molecule has 0 aliphatic carbocycles. The van der Waals surface area contributed by atoms with E-state index >= 15 is 0 Å². The molecule has 466 valence electrons. The van der Waals surface area contributed by atoms with Crippen LogP contribution in [0, 0.1) is 6.92 Å². The number of hydrogen-bond acceptors (Lipinski definition) is 16. The molecule has 7 N–H and O–H groups in total. The number of amides is 11. The van der Waals surface area contributed by atoms with Gasteiger partial charge >= 0.3 is 18.1 Å². The average molecular weight is 1240 g/mol. The molecule has 9 aromatic rings. The zero-order chi connectivity index (χ0) is 64.4. The standard InChI is InChI=1S/C23H19N5O4.C21H19N5O4.C21H20N4O5/c1-32-17-8-9-19-18(11-17)20(29)28(27-19)13-23(21(30)25-22(31)26-23)16-6-4-14(5-7-16)15-3-2-10-24-12-15;1-25-16-6-4-3-5-15(16)22-18(25)21(19(28)23-20(29)24-21)11-26-10-12-7-8-13(30-2)9-14(12)17(26)27;1-11-3-4-12-7-16(30-17(12)22-11)21(19(27)23-20(28)24-21)10-25-9-13-5-6-14(29-2)8-15(13)18(25)26/h2-12,27H,13H2,1H3,(H2,25,26,30,31);3-9H,10-11H2,1-2H3,(H2,23,24,28,29);3-6,8,16H,7,9-10H2,1-2H3,(H2,23,24,27,28)/t23-;;16?,21-/m1.0/s1. The summed E-state index contributed by atoms with van der Waals surface area (Å²) in [6, 6.07) is 36.1. The van der Waals surface area contributed by atoms with Crippen molar-refractivity contribution in [2.24, 2.45) is 7.05 Å². The molecule has 2 unspecified atom stereocenters. The highest BCUT2D eigenvalue weighted by Crippen LogP contribution is 2.38. The fourth-order valence-electron chi connectivity index (χ4n) is 12.5. The van der Waals surface area contributed by atoms with Gasteiger partial charge in [0.05, 0.1) is 62.9 Å². The van der Waals surface area contributed by atoms with Crippen LogP contribution in [0.25, 0.3) is 33.1 Å². The van der Waals surface area contributed by atoms with Crippen LogP contribution in [-0.4, -0.2) is 133 Å². The maximum absolute atomic E-state index is 13.1. The number of ether oxygens (including phenoxy) is 4. The van der Waals surface area contributed by atoms with E-state index in [1.54, 1.807) is 88.4 Å². The van der Waals surface area contributed by atoms with Crippen molar-refractivity contribution in [3.8, 4) is 34.3 Å². The number of benzene rings is 5. The molecular formula is C65H58N14O13. The zero-order valence-electron chi connectivity index (χ0n) is 50.0. The Balaban J connectivity index is 0.000000126.